The van der Waals surface area contributed by atoms with Crippen molar-refractivity contribution in [1.82, 2.24) is 20.4 Å². The van der Waals surface area contributed by atoms with Crippen LogP contribution in [0.3, 0.4) is 0 Å². The fourth-order valence-electron chi connectivity index (χ4n) is 3.78. The average Bonchev–Trinajstić information content (AvgIpc) is 3.12. The molecule has 0 saturated carbocycles. The lowest BCUT2D eigenvalue weighted by Crippen LogP contribution is -2.56. The molecule has 0 radical (unpaired) electrons. The standard InChI is InChI=1S/C19H32N6O3/c1-12(20)10-15(19-22-13(2)24-28-19)18(21)25-7-4-16(17(11-25)26-3)23-14-5-8-27-9-6-14/h10,14,16-17,23H,4-9,11,20-21H2,1-3H3/b12-10-,18-15-. The molecule has 9 heteroatoms. The summed E-state index contributed by atoms with van der Waals surface area (Å²) < 4.78 is 16.6. The third kappa shape index (κ3) is 5.03. The van der Waals surface area contributed by atoms with Crippen LogP contribution in [0.4, 0.5) is 0 Å². The van der Waals surface area contributed by atoms with E-state index in [1.807, 2.05) is 0 Å². The maximum Gasteiger partial charge on any atom is 0.261 e. The highest BCUT2D eigenvalue weighted by atomic mass is 16.5. The van der Waals surface area contributed by atoms with Crippen molar-refractivity contribution < 1.29 is 14.0 Å². The van der Waals surface area contributed by atoms with Crippen LogP contribution in [-0.2, 0) is 9.47 Å². The van der Waals surface area contributed by atoms with Crippen molar-refractivity contribution in [1.29, 1.82) is 0 Å². The number of nitrogens with one attached hydrogen (secondary N) is 1. The van der Waals surface area contributed by atoms with E-state index in [1.54, 1.807) is 27.0 Å². The first kappa shape index (κ1) is 20.6. The van der Waals surface area contributed by atoms with E-state index < -0.39 is 0 Å². The minimum atomic E-state index is 0.0313. The van der Waals surface area contributed by atoms with Crippen molar-refractivity contribution in [2.24, 2.45) is 11.5 Å². The number of ether oxygens (including phenoxy) is 2. The predicted molar refractivity (Wildman–Crippen MR) is 106 cm³/mol. The van der Waals surface area contributed by atoms with Gasteiger partial charge >= 0.3 is 0 Å². The van der Waals surface area contributed by atoms with Crippen molar-refractivity contribution >= 4 is 5.57 Å². The van der Waals surface area contributed by atoms with Crippen molar-refractivity contribution in [3.63, 3.8) is 0 Å². The fourth-order valence-corrected chi connectivity index (χ4v) is 3.78. The Hall–Kier alpha value is -2.10. The van der Waals surface area contributed by atoms with Gasteiger partial charge in [0.2, 0.25) is 0 Å². The molecule has 0 aliphatic carbocycles. The molecule has 0 aromatic carbocycles. The second-order valence-electron chi connectivity index (χ2n) is 7.50. The van der Waals surface area contributed by atoms with Crippen LogP contribution in [0.2, 0.25) is 0 Å². The van der Waals surface area contributed by atoms with Gasteiger partial charge in [0.05, 0.1) is 11.7 Å². The van der Waals surface area contributed by atoms with Gasteiger partial charge in [-0.25, -0.2) is 0 Å². The van der Waals surface area contributed by atoms with E-state index in [9.17, 15) is 0 Å². The molecule has 1 aromatic heterocycles. The number of rotatable bonds is 6. The van der Waals surface area contributed by atoms with Gasteiger partial charge in [0, 0.05) is 51.2 Å². The number of nitrogens with zero attached hydrogens (tertiary/aromatic N) is 3. The first-order valence-corrected chi connectivity index (χ1v) is 9.83. The van der Waals surface area contributed by atoms with Gasteiger partial charge in [-0.3, -0.25) is 0 Å². The lowest BCUT2D eigenvalue weighted by Gasteiger charge is -2.41. The second-order valence-corrected chi connectivity index (χ2v) is 7.50. The molecule has 2 saturated heterocycles. The normalized spacial score (nSPS) is 25.7. The van der Waals surface area contributed by atoms with Gasteiger partial charge in [-0.2, -0.15) is 4.98 Å². The van der Waals surface area contributed by atoms with Crippen molar-refractivity contribution in [2.75, 3.05) is 33.4 Å². The van der Waals surface area contributed by atoms with Gasteiger partial charge in [-0.05, 0) is 39.2 Å². The molecule has 2 aliphatic heterocycles. The molecule has 0 bridgehead atoms. The largest absolute Gasteiger partial charge is 0.402 e. The quantitative estimate of drug-likeness (QED) is 0.601. The maximum atomic E-state index is 6.51. The summed E-state index contributed by atoms with van der Waals surface area (Å²) in [5.41, 5.74) is 13.7. The van der Waals surface area contributed by atoms with Crippen molar-refractivity contribution in [3.05, 3.63) is 29.3 Å². The summed E-state index contributed by atoms with van der Waals surface area (Å²) >= 11 is 0. The van der Waals surface area contributed by atoms with Gasteiger partial charge in [0.1, 0.15) is 5.82 Å². The van der Waals surface area contributed by atoms with E-state index in [2.05, 4.69) is 20.4 Å². The summed E-state index contributed by atoms with van der Waals surface area (Å²) in [5, 5.41) is 7.62. The summed E-state index contributed by atoms with van der Waals surface area (Å²) in [6.45, 7) is 6.70. The second kappa shape index (κ2) is 9.40. The van der Waals surface area contributed by atoms with Crippen molar-refractivity contribution in [2.45, 2.75) is 51.3 Å². The van der Waals surface area contributed by atoms with E-state index in [4.69, 9.17) is 25.5 Å². The molecule has 156 valence electrons. The smallest absolute Gasteiger partial charge is 0.261 e. The Bertz CT molecular complexity index is 706. The van der Waals surface area contributed by atoms with Crippen molar-refractivity contribution in [3.8, 4) is 0 Å². The summed E-state index contributed by atoms with van der Waals surface area (Å²) in [4.78, 5) is 6.42. The van der Waals surface area contributed by atoms with Crippen LogP contribution in [0.5, 0.6) is 0 Å². The maximum absolute atomic E-state index is 6.51. The molecule has 2 atom stereocenters. The van der Waals surface area contributed by atoms with E-state index in [-0.39, 0.29) is 12.1 Å². The van der Waals surface area contributed by atoms with Crippen LogP contribution < -0.4 is 16.8 Å². The topological polar surface area (TPSA) is 125 Å². The van der Waals surface area contributed by atoms with Gasteiger partial charge in [0.25, 0.3) is 5.89 Å². The summed E-state index contributed by atoms with van der Waals surface area (Å²) in [6, 6.07) is 0.772. The zero-order valence-electron chi connectivity index (χ0n) is 17.0. The number of piperidine rings is 1. The first-order chi connectivity index (χ1) is 13.5. The number of hydrogen-bond acceptors (Lipinski definition) is 9. The van der Waals surface area contributed by atoms with Gasteiger partial charge < -0.3 is 35.7 Å². The summed E-state index contributed by atoms with van der Waals surface area (Å²) in [7, 11) is 1.75. The van der Waals surface area contributed by atoms with Crippen LogP contribution in [-0.4, -0.2) is 66.6 Å². The van der Waals surface area contributed by atoms with E-state index >= 15 is 0 Å². The minimum absolute atomic E-state index is 0.0313. The highest BCUT2D eigenvalue weighted by molar-refractivity contribution is 5.71. The third-order valence-corrected chi connectivity index (χ3v) is 5.28. The Kier molecular flexibility index (Phi) is 6.93. The fraction of sp³-hybridized carbons (Fsp3) is 0.684. The first-order valence-electron chi connectivity index (χ1n) is 9.83. The Labute approximate surface area is 166 Å². The summed E-state index contributed by atoms with van der Waals surface area (Å²) in [5.74, 6) is 1.49. The van der Waals surface area contributed by atoms with E-state index in [1.165, 1.54) is 0 Å². The highest BCUT2D eigenvalue weighted by Crippen LogP contribution is 2.24. The van der Waals surface area contributed by atoms with E-state index in [0.29, 0.717) is 41.4 Å². The minimum Gasteiger partial charge on any atom is -0.402 e. The molecule has 3 heterocycles. The molecule has 2 fully saturated rings. The average molecular weight is 393 g/mol. The Morgan fingerprint density at radius 3 is 2.64 bits per heavy atom. The zero-order chi connectivity index (χ0) is 20.1. The molecule has 1 aromatic rings. The molecular formula is C19H32N6O3. The van der Waals surface area contributed by atoms with Gasteiger partial charge in [-0.1, -0.05) is 5.16 Å². The van der Waals surface area contributed by atoms with Crippen LogP contribution >= 0.6 is 0 Å². The number of aryl methyl sites for hydroxylation is 1. The number of aromatic nitrogens is 2. The molecule has 0 spiro atoms. The number of methoxy groups -OCH3 is 1. The molecular weight excluding hydrogens is 360 g/mol. The Morgan fingerprint density at radius 1 is 1.29 bits per heavy atom. The number of hydrogen-bond donors (Lipinski definition) is 3. The SMILES string of the molecule is COC1CN(/C(N)=C(/C=C(/C)N)c2nc(C)no2)CCC1NC1CCOCC1. The highest BCUT2D eigenvalue weighted by Gasteiger charge is 2.32. The lowest BCUT2D eigenvalue weighted by atomic mass is 9.98. The lowest BCUT2D eigenvalue weighted by molar-refractivity contribution is 0.00353. The number of likely N-dealkylation sites (tertiary alicyclic amines) is 1. The predicted octanol–water partition coefficient (Wildman–Crippen LogP) is 0.726. The van der Waals surface area contributed by atoms with Gasteiger partial charge in [0.15, 0.2) is 5.82 Å². The monoisotopic (exact) mass is 392 g/mol. The van der Waals surface area contributed by atoms with Crippen LogP contribution in [0.1, 0.15) is 37.9 Å². The molecule has 5 N–H and O–H groups in total. The molecule has 3 rings (SSSR count). The van der Waals surface area contributed by atoms with Crippen LogP contribution in [0.15, 0.2) is 22.1 Å². The van der Waals surface area contributed by atoms with Gasteiger partial charge in [-0.15, -0.1) is 0 Å². The summed E-state index contributed by atoms with van der Waals surface area (Å²) in [6.07, 6.45) is 4.82. The Balaban J connectivity index is 1.75. The van der Waals surface area contributed by atoms with E-state index in [0.717, 1.165) is 39.0 Å². The molecule has 9 nitrogen and oxygen atoms in total. The van der Waals surface area contributed by atoms with Crippen LogP contribution in [0.25, 0.3) is 5.57 Å². The molecule has 2 unspecified atom stereocenters. The number of allylic oxidation sites excluding steroid dienone is 3. The molecule has 0 amide bonds. The van der Waals surface area contributed by atoms with Crippen LogP contribution in [0, 0.1) is 6.92 Å². The third-order valence-electron chi connectivity index (χ3n) is 5.28. The molecule has 28 heavy (non-hydrogen) atoms. The molecule has 2 aliphatic rings. The number of nitrogens with two attached hydrogens (primary N) is 2. The Morgan fingerprint density at radius 2 is 2.04 bits per heavy atom. The zero-order valence-corrected chi connectivity index (χ0v) is 17.0.